The van der Waals surface area contributed by atoms with E-state index in [1.807, 2.05) is 0 Å². The van der Waals surface area contributed by atoms with E-state index in [-0.39, 0.29) is 0 Å². The molecule has 10 heteroatoms. The summed E-state index contributed by atoms with van der Waals surface area (Å²) in [4.78, 5) is 14.4. The summed E-state index contributed by atoms with van der Waals surface area (Å²) in [5, 5.41) is 23.6. The van der Waals surface area contributed by atoms with E-state index in [2.05, 4.69) is 54.6 Å². The number of aliphatic hydroxyl groups is 2. The predicted molar refractivity (Wildman–Crippen MR) is 130 cm³/mol. The number of fused-ring (bicyclic) bond motifs is 2. The Bertz CT molecular complexity index is 1100. The standard InChI is InChI=1S/C21H27IN6O2S/c1-21(2,30)19(29)24-7-4-8-28-18-16(17(23)25-11-26-18)27-20(28)31-15-10-13-6-3-5-12(13)9-14(15)22/h9-11,19,24,29-30H,3-8H2,1-2H3,(H2,23,25,26). The first-order valence-electron chi connectivity index (χ1n) is 10.3. The number of nitrogens with two attached hydrogens (primary N) is 1. The quantitative estimate of drug-likeness (QED) is 0.191. The van der Waals surface area contributed by atoms with Crippen molar-refractivity contribution in [2.75, 3.05) is 12.3 Å². The van der Waals surface area contributed by atoms with Crippen molar-refractivity contribution in [3.63, 3.8) is 0 Å². The van der Waals surface area contributed by atoms with Gasteiger partial charge in [-0.1, -0.05) is 11.8 Å². The van der Waals surface area contributed by atoms with Crippen LogP contribution < -0.4 is 11.1 Å². The van der Waals surface area contributed by atoms with Crippen LogP contribution in [0.5, 0.6) is 0 Å². The van der Waals surface area contributed by atoms with E-state index in [9.17, 15) is 10.2 Å². The van der Waals surface area contributed by atoms with Crippen LogP contribution in [-0.4, -0.2) is 48.1 Å². The Balaban J connectivity index is 1.58. The first-order valence-corrected chi connectivity index (χ1v) is 12.2. The van der Waals surface area contributed by atoms with Gasteiger partial charge in [0.2, 0.25) is 0 Å². The van der Waals surface area contributed by atoms with Crippen LogP contribution in [0.2, 0.25) is 0 Å². The minimum absolute atomic E-state index is 0.366. The van der Waals surface area contributed by atoms with Crippen LogP contribution in [0.4, 0.5) is 5.82 Å². The third-order valence-corrected chi connectivity index (χ3v) is 7.75. The molecule has 0 aliphatic heterocycles. The minimum Gasteiger partial charge on any atom is -0.386 e. The summed E-state index contributed by atoms with van der Waals surface area (Å²) < 4.78 is 3.27. The Kier molecular flexibility index (Phi) is 6.73. The normalized spacial score (nSPS) is 14.9. The number of hydrogen-bond donors (Lipinski definition) is 4. The van der Waals surface area contributed by atoms with Gasteiger partial charge in [-0.15, -0.1) is 0 Å². The second-order valence-electron chi connectivity index (χ2n) is 8.35. The third-order valence-electron chi connectivity index (χ3n) is 5.44. The number of rotatable bonds is 8. The fourth-order valence-electron chi connectivity index (χ4n) is 3.69. The highest BCUT2D eigenvalue weighted by Crippen LogP contribution is 2.37. The zero-order valence-electron chi connectivity index (χ0n) is 17.6. The molecule has 0 saturated carbocycles. The van der Waals surface area contributed by atoms with E-state index in [0.717, 1.165) is 24.4 Å². The van der Waals surface area contributed by atoms with Gasteiger partial charge in [0.25, 0.3) is 0 Å². The average Bonchev–Trinajstić information content (AvgIpc) is 3.29. The van der Waals surface area contributed by atoms with Gasteiger partial charge in [-0.05, 0) is 91.9 Å². The first kappa shape index (κ1) is 22.7. The molecule has 166 valence electrons. The van der Waals surface area contributed by atoms with Crippen molar-refractivity contribution >= 4 is 51.3 Å². The van der Waals surface area contributed by atoms with Crippen molar-refractivity contribution < 1.29 is 10.2 Å². The summed E-state index contributed by atoms with van der Waals surface area (Å²) in [5.41, 5.74) is 9.05. The molecule has 0 saturated heterocycles. The zero-order chi connectivity index (χ0) is 22.2. The molecule has 1 aliphatic rings. The molecular formula is C21H27IN6O2S. The van der Waals surface area contributed by atoms with E-state index in [1.54, 1.807) is 25.6 Å². The molecule has 1 unspecified atom stereocenters. The minimum atomic E-state index is -1.20. The molecule has 31 heavy (non-hydrogen) atoms. The molecule has 1 atom stereocenters. The van der Waals surface area contributed by atoms with E-state index >= 15 is 0 Å². The number of nitrogens with one attached hydrogen (secondary N) is 1. The number of imidazole rings is 1. The summed E-state index contributed by atoms with van der Waals surface area (Å²) in [6, 6.07) is 4.57. The summed E-state index contributed by atoms with van der Waals surface area (Å²) in [5.74, 6) is 0.366. The third kappa shape index (κ3) is 4.98. The van der Waals surface area contributed by atoms with E-state index in [0.29, 0.717) is 30.1 Å². The van der Waals surface area contributed by atoms with Crippen LogP contribution in [0, 0.1) is 3.57 Å². The average molecular weight is 554 g/mol. The second-order valence-corrected chi connectivity index (χ2v) is 10.5. The number of benzene rings is 1. The topological polar surface area (TPSA) is 122 Å². The van der Waals surface area contributed by atoms with Gasteiger partial charge in [-0.25, -0.2) is 15.0 Å². The van der Waals surface area contributed by atoms with Gasteiger partial charge in [-0.3, -0.25) is 5.32 Å². The number of aliphatic hydroxyl groups excluding tert-OH is 1. The van der Waals surface area contributed by atoms with Gasteiger partial charge < -0.3 is 20.5 Å². The lowest BCUT2D eigenvalue weighted by molar-refractivity contribution is -0.0646. The molecule has 8 nitrogen and oxygen atoms in total. The van der Waals surface area contributed by atoms with Crippen molar-refractivity contribution in [1.82, 2.24) is 24.8 Å². The highest BCUT2D eigenvalue weighted by Gasteiger charge is 2.24. The van der Waals surface area contributed by atoms with E-state index < -0.39 is 11.8 Å². The number of hydrogen-bond acceptors (Lipinski definition) is 8. The Labute approximate surface area is 199 Å². The fourth-order valence-corrected chi connectivity index (χ4v) is 5.53. The number of nitrogens with zero attached hydrogens (tertiary/aromatic N) is 4. The number of aryl methyl sites for hydroxylation is 3. The van der Waals surface area contributed by atoms with Crippen LogP contribution >= 0.6 is 34.4 Å². The molecule has 2 aromatic heterocycles. The van der Waals surface area contributed by atoms with Crippen molar-refractivity contribution in [2.24, 2.45) is 0 Å². The van der Waals surface area contributed by atoms with Crippen molar-refractivity contribution in [2.45, 2.75) is 68.0 Å². The van der Waals surface area contributed by atoms with Gasteiger partial charge in [0.15, 0.2) is 22.1 Å². The van der Waals surface area contributed by atoms with E-state index in [4.69, 9.17) is 10.7 Å². The molecule has 0 radical (unpaired) electrons. The largest absolute Gasteiger partial charge is 0.386 e. The molecule has 1 aliphatic carbocycles. The van der Waals surface area contributed by atoms with Crippen LogP contribution in [0.3, 0.4) is 0 Å². The van der Waals surface area contributed by atoms with Gasteiger partial charge in [0.05, 0.1) is 5.60 Å². The fraction of sp³-hybridized carbons (Fsp3) is 0.476. The lowest BCUT2D eigenvalue weighted by atomic mass is 10.1. The summed E-state index contributed by atoms with van der Waals surface area (Å²) in [6.45, 7) is 4.32. The Morgan fingerprint density at radius 2 is 2.03 bits per heavy atom. The lowest BCUT2D eigenvalue weighted by Gasteiger charge is -2.25. The maximum atomic E-state index is 9.99. The van der Waals surface area contributed by atoms with Crippen LogP contribution in [-0.2, 0) is 19.4 Å². The van der Waals surface area contributed by atoms with Gasteiger partial charge in [0.1, 0.15) is 12.6 Å². The SMILES string of the molecule is CC(C)(O)C(O)NCCCn1c(Sc2cc3c(cc2I)CCC3)nc2c(N)ncnc21. The second kappa shape index (κ2) is 9.18. The van der Waals surface area contributed by atoms with Crippen LogP contribution in [0.15, 0.2) is 28.5 Å². The molecule has 0 bridgehead atoms. The Hall–Kier alpha value is -1.47. The van der Waals surface area contributed by atoms with Crippen LogP contribution in [0.1, 0.15) is 37.8 Å². The van der Waals surface area contributed by atoms with Gasteiger partial charge in [0, 0.05) is 15.0 Å². The summed E-state index contributed by atoms with van der Waals surface area (Å²) in [7, 11) is 0. The predicted octanol–water partition coefficient (Wildman–Crippen LogP) is 2.72. The molecule has 4 rings (SSSR count). The number of aromatic nitrogens is 4. The Morgan fingerprint density at radius 3 is 2.77 bits per heavy atom. The highest BCUT2D eigenvalue weighted by molar-refractivity contribution is 14.1. The van der Waals surface area contributed by atoms with Gasteiger partial charge >= 0.3 is 0 Å². The van der Waals surface area contributed by atoms with Crippen molar-refractivity contribution in [3.05, 3.63) is 33.2 Å². The van der Waals surface area contributed by atoms with Gasteiger partial charge in [-0.2, -0.15) is 0 Å². The molecule has 2 heterocycles. The van der Waals surface area contributed by atoms with Crippen LogP contribution in [0.25, 0.3) is 11.2 Å². The summed E-state index contributed by atoms with van der Waals surface area (Å²) >= 11 is 4.02. The highest BCUT2D eigenvalue weighted by atomic mass is 127. The number of halogens is 1. The molecule has 0 spiro atoms. The Morgan fingerprint density at radius 1 is 1.29 bits per heavy atom. The maximum absolute atomic E-state index is 9.99. The lowest BCUT2D eigenvalue weighted by Crippen LogP contribution is -2.47. The first-order chi connectivity index (χ1) is 14.7. The smallest absolute Gasteiger partial charge is 0.175 e. The molecular weight excluding hydrogens is 527 g/mol. The molecule has 0 amide bonds. The number of anilines is 1. The molecule has 3 aromatic rings. The monoisotopic (exact) mass is 554 g/mol. The molecule has 0 fully saturated rings. The molecule has 1 aromatic carbocycles. The van der Waals surface area contributed by atoms with Crippen molar-refractivity contribution in [1.29, 1.82) is 0 Å². The maximum Gasteiger partial charge on any atom is 0.175 e. The summed E-state index contributed by atoms with van der Waals surface area (Å²) in [6.07, 6.45) is 4.69. The number of nitrogen functional groups attached to an aromatic ring is 1. The zero-order valence-corrected chi connectivity index (χ0v) is 20.6. The van der Waals surface area contributed by atoms with E-state index in [1.165, 1.54) is 32.3 Å². The van der Waals surface area contributed by atoms with Crippen molar-refractivity contribution in [3.8, 4) is 0 Å². The molecule has 5 N–H and O–H groups in total.